The molecule has 116 valence electrons. The van der Waals surface area contributed by atoms with Gasteiger partial charge in [0.25, 0.3) is 0 Å². The van der Waals surface area contributed by atoms with Gasteiger partial charge in [0, 0.05) is 31.5 Å². The summed E-state index contributed by atoms with van der Waals surface area (Å²) >= 11 is 0. The molecule has 7 nitrogen and oxygen atoms in total. The van der Waals surface area contributed by atoms with E-state index in [9.17, 15) is 8.42 Å². The Hall–Kier alpha value is -2.19. The maximum atomic E-state index is 11.2. The van der Waals surface area contributed by atoms with Gasteiger partial charge in [-0.15, -0.1) is 0 Å². The largest absolute Gasteiger partial charge is 0.365 e. The summed E-state index contributed by atoms with van der Waals surface area (Å²) in [4.78, 5) is 10.7. The Morgan fingerprint density at radius 3 is 2.73 bits per heavy atom. The molecule has 0 saturated carbocycles. The summed E-state index contributed by atoms with van der Waals surface area (Å²) in [5, 5.41) is 8.35. The van der Waals surface area contributed by atoms with E-state index in [2.05, 4.69) is 20.2 Å². The zero-order valence-corrected chi connectivity index (χ0v) is 12.7. The predicted octanol–water partition coefficient (Wildman–Crippen LogP) is 0.815. The molecule has 0 radical (unpaired) electrons. The van der Waals surface area contributed by atoms with Crippen molar-refractivity contribution in [1.82, 2.24) is 9.97 Å². The van der Waals surface area contributed by atoms with Crippen LogP contribution in [-0.2, 0) is 10.0 Å². The lowest BCUT2D eigenvalue weighted by Gasteiger charge is -2.18. The molecule has 1 fully saturated rings. The predicted molar refractivity (Wildman–Crippen MR) is 84.1 cm³/mol. The first-order valence-electron chi connectivity index (χ1n) is 6.94. The molecule has 0 amide bonds. The molecule has 1 unspecified atom stereocenters. The van der Waals surface area contributed by atoms with Gasteiger partial charge in [-0.1, -0.05) is 6.07 Å². The van der Waals surface area contributed by atoms with Crippen LogP contribution < -0.4 is 15.4 Å². The Balaban J connectivity index is 1.63. The summed E-state index contributed by atoms with van der Waals surface area (Å²) in [6, 6.07) is 9.18. The fourth-order valence-electron chi connectivity index (χ4n) is 2.47. The fourth-order valence-corrected chi connectivity index (χ4v) is 2.93. The van der Waals surface area contributed by atoms with Crippen molar-refractivity contribution in [1.29, 1.82) is 0 Å². The zero-order chi connectivity index (χ0) is 15.6. The van der Waals surface area contributed by atoms with E-state index in [0.29, 0.717) is 5.82 Å². The lowest BCUT2D eigenvalue weighted by molar-refractivity contribution is 0.597. The van der Waals surface area contributed by atoms with Gasteiger partial charge in [0.05, 0.1) is 0 Å². The highest BCUT2D eigenvalue weighted by Crippen LogP contribution is 2.20. The second-order valence-electron chi connectivity index (χ2n) is 5.19. The van der Waals surface area contributed by atoms with E-state index in [0.717, 1.165) is 25.3 Å². The minimum Gasteiger partial charge on any atom is -0.365 e. The van der Waals surface area contributed by atoms with Crippen molar-refractivity contribution < 1.29 is 8.42 Å². The first-order chi connectivity index (χ1) is 10.5. The van der Waals surface area contributed by atoms with Crippen LogP contribution in [0.15, 0.2) is 47.6 Å². The van der Waals surface area contributed by atoms with Crippen LogP contribution in [0.3, 0.4) is 0 Å². The van der Waals surface area contributed by atoms with E-state index in [-0.39, 0.29) is 10.9 Å². The van der Waals surface area contributed by atoms with Gasteiger partial charge < -0.3 is 10.2 Å². The van der Waals surface area contributed by atoms with Gasteiger partial charge in [-0.3, -0.25) is 0 Å². The Kier molecular flexibility index (Phi) is 3.95. The number of hydrogen-bond acceptors (Lipinski definition) is 6. The van der Waals surface area contributed by atoms with Crippen molar-refractivity contribution in [2.75, 3.05) is 23.3 Å². The van der Waals surface area contributed by atoms with Gasteiger partial charge >= 0.3 is 0 Å². The standard InChI is InChI=1S/C14H17N5O2S/c15-22(20,21)12-4-5-13(17-9-12)18-11-6-8-19(10-11)14-3-1-2-7-16-14/h1-5,7,9,11H,6,8,10H2,(H,17,18)(H2,15,20,21). The second-order valence-corrected chi connectivity index (χ2v) is 6.75. The molecule has 0 spiro atoms. The van der Waals surface area contributed by atoms with Crippen LogP contribution in [0, 0.1) is 0 Å². The highest BCUT2D eigenvalue weighted by Gasteiger charge is 2.23. The molecule has 1 saturated heterocycles. The minimum atomic E-state index is -3.70. The lowest BCUT2D eigenvalue weighted by atomic mass is 10.2. The average molecular weight is 319 g/mol. The monoisotopic (exact) mass is 319 g/mol. The molecular formula is C14H17N5O2S. The zero-order valence-electron chi connectivity index (χ0n) is 11.9. The van der Waals surface area contributed by atoms with Crippen LogP contribution >= 0.6 is 0 Å². The molecular weight excluding hydrogens is 302 g/mol. The lowest BCUT2D eigenvalue weighted by Crippen LogP contribution is -2.26. The molecule has 1 aliphatic heterocycles. The number of nitrogens with two attached hydrogens (primary N) is 1. The number of rotatable bonds is 4. The Morgan fingerprint density at radius 1 is 1.23 bits per heavy atom. The maximum absolute atomic E-state index is 11.2. The summed E-state index contributed by atoms with van der Waals surface area (Å²) in [5.74, 6) is 1.60. The summed E-state index contributed by atoms with van der Waals surface area (Å²) in [7, 11) is -3.70. The number of nitrogens with zero attached hydrogens (tertiary/aromatic N) is 3. The smallest absolute Gasteiger partial charge is 0.239 e. The normalized spacial score (nSPS) is 18.4. The summed E-state index contributed by atoms with van der Waals surface area (Å²) in [6.07, 6.45) is 4.02. The van der Waals surface area contributed by atoms with Crippen molar-refractivity contribution in [2.24, 2.45) is 5.14 Å². The minimum absolute atomic E-state index is 0.0135. The Bertz CT molecular complexity index is 734. The van der Waals surface area contributed by atoms with Crippen LogP contribution in [0.2, 0.25) is 0 Å². The fraction of sp³-hybridized carbons (Fsp3) is 0.286. The maximum Gasteiger partial charge on any atom is 0.239 e. The molecule has 0 aliphatic carbocycles. The van der Waals surface area contributed by atoms with E-state index in [1.165, 1.54) is 12.3 Å². The number of hydrogen-bond donors (Lipinski definition) is 2. The van der Waals surface area contributed by atoms with Crippen LogP contribution in [0.25, 0.3) is 0 Å². The number of nitrogens with one attached hydrogen (secondary N) is 1. The number of aromatic nitrogens is 2. The summed E-state index contributed by atoms with van der Waals surface area (Å²) in [6.45, 7) is 1.75. The number of pyridine rings is 2. The van der Waals surface area contributed by atoms with Crippen LogP contribution in [0.5, 0.6) is 0 Å². The molecule has 3 N–H and O–H groups in total. The number of anilines is 2. The van der Waals surface area contributed by atoms with Gasteiger partial charge in [-0.05, 0) is 30.7 Å². The first kappa shape index (κ1) is 14.7. The molecule has 8 heteroatoms. The Labute approximate surface area is 129 Å². The molecule has 2 aromatic heterocycles. The molecule has 0 bridgehead atoms. The van der Waals surface area contributed by atoms with Gasteiger partial charge in [-0.25, -0.2) is 23.5 Å². The number of sulfonamides is 1. The number of primary sulfonamides is 1. The first-order valence-corrected chi connectivity index (χ1v) is 8.48. The molecule has 3 rings (SSSR count). The molecule has 1 atom stereocenters. The van der Waals surface area contributed by atoms with Crippen molar-refractivity contribution in [3.8, 4) is 0 Å². The van der Waals surface area contributed by atoms with Crippen molar-refractivity contribution in [2.45, 2.75) is 17.4 Å². The van der Waals surface area contributed by atoms with Crippen LogP contribution in [-0.4, -0.2) is 37.5 Å². The third-order valence-corrected chi connectivity index (χ3v) is 4.48. The van der Waals surface area contributed by atoms with Gasteiger partial charge in [0.15, 0.2) is 0 Å². The van der Waals surface area contributed by atoms with Gasteiger partial charge in [-0.2, -0.15) is 0 Å². The third-order valence-electron chi connectivity index (χ3n) is 3.58. The molecule has 2 aromatic rings. The quantitative estimate of drug-likeness (QED) is 0.865. The highest BCUT2D eigenvalue weighted by molar-refractivity contribution is 7.89. The van der Waals surface area contributed by atoms with Crippen molar-refractivity contribution >= 4 is 21.7 Å². The highest BCUT2D eigenvalue weighted by atomic mass is 32.2. The summed E-state index contributed by atoms with van der Waals surface area (Å²) < 4.78 is 22.4. The van der Waals surface area contributed by atoms with Crippen LogP contribution in [0.1, 0.15) is 6.42 Å². The second kappa shape index (κ2) is 5.90. The molecule has 0 aromatic carbocycles. The summed E-state index contributed by atoms with van der Waals surface area (Å²) in [5.41, 5.74) is 0. The van der Waals surface area contributed by atoms with Crippen molar-refractivity contribution in [3.63, 3.8) is 0 Å². The van der Waals surface area contributed by atoms with E-state index in [4.69, 9.17) is 5.14 Å². The van der Waals surface area contributed by atoms with Gasteiger partial charge in [0.2, 0.25) is 10.0 Å². The SMILES string of the molecule is NS(=O)(=O)c1ccc(NC2CCN(c3ccccn3)C2)nc1. The van der Waals surface area contributed by atoms with E-state index in [1.54, 1.807) is 12.3 Å². The molecule has 3 heterocycles. The van der Waals surface area contributed by atoms with Crippen LogP contribution in [0.4, 0.5) is 11.6 Å². The van der Waals surface area contributed by atoms with E-state index in [1.807, 2.05) is 18.2 Å². The molecule has 1 aliphatic rings. The molecule has 22 heavy (non-hydrogen) atoms. The topological polar surface area (TPSA) is 101 Å². The van der Waals surface area contributed by atoms with E-state index < -0.39 is 10.0 Å². The van der Waals surface area contributed by atoms with E-state index >= 15 is 0 Å². The Morgan fingerprint density at radius 2 is 2.09 bits per heavy atom. The third kappa shape index (κ3) is 3.34. The average Bonchev–Trinajstić information content (AvgIpc) is 2.96. The van der Waals surface area contributed by atoms with Crippen molar-refractivity contribution in [3.05, 3.63) is 42.7 Å². The van der Waals surface area contributed by atoms with Gasteiger partial charge in [0.1, 0.15) is 16.5 Å².